The molecular weight excluding hydrogens is 244 g/mol. The van der Waals surface area contributed by atoms with E-state index in [0.29, 0.717) is 0 Å². The summed E-state index contributed by atoms with van der Waals surface area (Å²) in [5.41, 5.74) is 9.68. The van der Waals surface area contributed by atoms with Crippen LogP contribution in [0.1, 0.15) is 46.5 Å². The summed E-state index contributed by atoms with van der Waals surface area (Å²) < 4.78 is 0. The Balaban J connectivity index is 0. The summed E-state index contributed by atoms with van der Waals surface area (Å²) >= 11 is 0. The molecule has 0 heterocycles. The number of hydrogen-bond acceptors (Lipinski definition) is 4. The zero-order valence-electron chi connectivity index (χ0n) is 12.9. The average Bonchev–Trinajstić information content (AvgIpc) is 2.36. The first kappa shape index (κ1) is 20.2. The number of nitrogens with two attached hydrogens (primary N) is 2. The van der Waals surface area contributed by atoms with Gasteiger partial charge in [-0.3, -0.25) is 9.59 Å². The largest absolute Gasteiger partial charge is 0.368 e. The van der Waals surface area contributed by atoms with Crippen molar-refractivity contribution >= 4 is 11.8 Å². The Morgan fingerprint density at radius 1 is 1.16 bits per heavy atom. The second kappa shape index (κ2) is 10.8. The Morgan fingerprint density at radius 3 is 1.79 bits per heavy atom. The summed E-state index contributed by atoms with van der Waals surface area (Å²) in [6, 6.07) is -0.144. The molecule has 19 heavy (non-hydrogen) atoms. The third-order valence-corrected chi connectivity index (χ3v) is 3.11. The molecule has 0 bridgehead atoms. The van der Waals surface area contributed by atoms with Gasteiger partial charge < -0.3 is 22.1 Å². The van der Waals surface area contributed by atoms with Crippen LogP contribution in [-0.4, -0.2) is 37.5 Å². The lowest BCUT2D eigenvalue weighted by molar-refractivity contribution is -0.124. The molecule has 6 N–H and O–H groups in total. The van der Waals surface area contributed by atoms with Crippen molar-refractivity contribution in [1.82, 2.24) is 10.6 Å². The summed E-state index contributed by atoms with van der Waals surface area (Å²) in [6.07, 6.45) is 3.55. The molecule has 0 saturated carbocycles. The molecule has 6 heteroatoms. The van der Waals surface area contributed by atoms with E-state index < -0.39 is 5.54 Å². The van der Waals surface area contributed by atoms with Gasteiger partial charge in [0.2, 0.25) is 11.8 Å². The monoisotopic (exact) mass is 274 g/mol. The normalized spacial score (nSPS) is 14.8. The quantitative estimate of drug-likeness (QED) is 0.503. The van der Waals surface area contributed by atoms with Crippen LogP contribution in [-0.2, 0) is 9.59 Å². The van der Waals surface area contributed by atoms with Crippen LogP contribution >= 0.6 is 0 Å². The number of likely N-dealkylation sites (N-methyl/N-ethyl adjacent to an activating group) is 2. The van der Waals surface area contributed by atoms with Crippen molar-refractivity contribution in [2.45, 2.75) is 58.0 Å². The first-order chi connectivity index (χ1) is 8.78. The molecule has 0 rings (SSSR count). The highest BCUT2D eigenvalue weighted by Gasteiger charge is 2.26. The lowest BCUT2D eigenvalue weighted by atomic mass is 9.96. The highest BCUT2D eigenvalue weighted by atomic mass is 16.2. The Hall–Kier alpha value is -1.14. The van der Waals surface area contributed by atoms with Gasteiger partial charge in [0, 0.05) is 0 Å². The molecule has 0 aliphatic heterocycles. The van der Waals surface area contributed by atoms with E-state index in [2.05, 4.69) is 10.6 Å². The molecule has 0 fully saturated rings. The molecule has 2 unspecified atom stereocenters. The van der Waals surface area contributed by atoms with E-state index in [0.717, 1.165) is 25.7 Å². The number of rotatable bonds is 8. The molecule has 0 spiro atoms. The second-order valence-electron chi connectivity index (χ2n) is 4.73. The van der Waals surface area contributed by atoms with Crippen molar-refractivity contribution in [1.29, 1.82) is 0 Å². The van der Waals surface area contributed by atoms with Gasteiger partial charge in [-0.1, -0.05) is 26.7 Å². The van der Waals surface area contributed by atoms with Crippen LogP contribution in [0.15, 0.2) is 0 Å². The number of nitrogens with one attached hydrogen (secondary N) is 2. The lowest BCUT2D eigenvalue weighted by Gasteiger charge is -2.24. The maximum atomic E-state index is 10.8. The molecule has 114 valence electrons. The molecule has 0 radical (unpaired) electrons. The van der Waals surface area contributed by atoms with E-state index in [1.165, 1.54) is 0 Å². The number of primary amides is 2. The Kier molecular flexibility index (Phi) is 11.4. The van der Waals surface area contributed by atoms with Gasteiger partial charge >= 0.3 is 0 Å². The Labute approximate surface area is 116 Å². The van der Waals surface area contributed by atoms with Crippen molar-refractivity contribution in [3.63, 3.8) is 0 Å². The topological polar surface area (TPSA) is 110 Å². The van der Waals surface area contributed by atoms with Crippen LogP contribution in [0.2, 0.25) is 0 Å². The van der Waals surface area contributed by atoms with E-state index in [9.17, 15) is 9.59 Å². The first-order valence-electron chi connectivity index (χ1n) is 6.74. The maximum absolute atomic E-state index is 10.8. The molecule has 2 amide bonds. The van der Waals surface area contributed by atoms with Gasteiger partial charge in [0.15, 0.2) is 0 Å². The molecule has 0 aromatic carbocycles. The third-order valence-electron chi connectivity index (χ3n) is 3.11. The van der Waals surface area contributed by atoms with E-state index in [-0.39, 0.29) is 17.9 Å². The summed E-state index contributed by atoms with van der Waals surface area (Å²) in [7, 11) is 3.49. The molecular formula is C13H30N4O2. The van der Waals surface area contributed by atoms with Gasteiger partial charge in [-0.05, 0) is 33.9 Å². The summed E-state index contributed by atoms with van der Waals surface area (Å²) in [6.45, 7) is 5.87. The van der Waals surface area contributed by atoms with E-state index >= 15 is 0 Å². The van der Waals surface area contributed by atoms with E-state index in [4.69, 9.17) is 11.5 Å². The van der Waals surface area contributed by atoms with Crippen molar-refractivity contribution in [3.8, 4) is 0 Å². The highest BCUT2D eigenvalue weighted by Crippen LogP contribution is 2.09. The van der Waals surface area contributed by atoms with Crippen LogP contribution in [0.5, 0.6) is 0 Å². The zero-order valence-corrected chi connectivity index (χ0v) is 12.9. The number of carbonyl (C=O) groups excluding carboxylic acids is 2. The van der Waals surface area contributed by atoms with Crippen LogP contribution in [0, 0.1) is 0 Å². The number of amides is 2. The SMILES string of the molecule is CCCC(C)(NC)C(N)=O.CCCC(NC)C(N)=O. The van der Waals surface area contributed by atoms with Crippen molar-refractivity contribution in [3.05, 3.63) is 0 Å². The highest BCUT2D eigenvalue weighted by molar-refractivity contribution is 5.84. The predicted octanol–water partition coefficient (Wildman–Crippen LogP) is 0.110. The van der Waals surface area contributed by atoms with Gasteiger partial charge in [-0.2, -0.15) is 0 Å². The smallest absolute Gasteiger partial charge is 0.237 e. The average molecular weight is 274 g/mol. The van der Waals surface area contributed by atoms with E-state index in [1.54, 1.807) is 14.1 Å². The standard InChI is InChI=1S/C7H16N2O.C6H14N2O/c1-4-5-7(2,9-3)6(8)10;1-3-4-5(8-2)6(7)9/h9H,4-5H2,1-3H3,(H2,8,10);5,8H,3-4H2,1-2H3,(H2,7,9). The first-order valence-corrected chi connectivity index (χ1v) is 6.74. The molecule has 0 aromatic rings. The summed E-state index contributed by atoms with van der Waals surface area (Å²) in [4.78, 5) is 21.3. The maximum Gasteiger partial charge on any atom is 0.237 e. The van der Waals surface area contributed by atoms with Crippen molar-refractivity contribution in [2.75, 3.05) is 14.1 Å². The summed E-state index contributed by atoms with van der Waals surface area (Å²) in [5, 5.41) is 5.73. The van der Waals surface area contributed by atoms with Crippen molar-refractivity contribution in [2.24, 2.45) is 11.5 Å². The van der Waals surface area contributed by atoms with Crippen molar-refractivity contribution < 1.29 is 9.59 Å². The molecule has 2 atom stereocenters. The Morgan fingerprint density at radius 2 is 1.68 bits per heavy atom. The number of carbonyl (C=O) groups is 2. The van der Waals surface area contributed by atoms with Gasteiger partial charge in [-0.25, -0.2) is 0 Å². The molecule has 0 saturated heterocycles. The molecule has 6 nitrogen and oxygen atoms in total. The minimum Gasteiger partial charge on any atom is -0.368 e. The molecule has 0 aromatic heterocycles. The van der Waals surface area contributed by atoms with Gasteiger partial charge in [0.1, 0.15) is 0 Å². The predicted molar refractivity (Wildman–Crippen MR) is 78.5 cm³/mol. The fourth-order valence-electron chi connectivity index (χ4n) is 1.59. The minimum absolute atomic E-state index is 0.144. The fourth-order valence-corrected chi connectivity index (χ4v) is 1.59. The minimum atomic E-state index is -0.519. The second-order valence-corrected chi connectivity index (χ2v) is 4.73. The van der Waals surface area contributed by atoms with Gasteiger partial charge in [0.05, 0.1) is 11.6 Å². The van der Waals surface area contributed by atoms with E-state index in [1.807, 2.05) is 20.8 Å². The van der Waals surface area contributed by atoms with Crippen LogP contribution in [0.25, 0.3) is 0 Å². The van der Waals surface area contributed by atoms with Crippen LogP contribution < -0.4 is 22.1 Å². The molecule has 0 aliphatic carbocycles. The van der Waals surface area contributed by atoms with Gasteiger partial charge in [0.25, 0.3) is 0 Å². The van der Waals surface area contributed by atoms with Crippen LogP contribution in [0.3, 0.4) is 0 Å². The molecule has 0 aliphatic rings. The lowest BCUT2D eigenvalue weighted by Crippen LogP contribution is -2.51. The van der Waals surface area contributed by atoms with Crippen LogP contribution in [0.4, 0.5) is 0 Å². The zero-order chi connectivity index (χ0) is 15.5. The number of hydrogen-bond donors (Lipinski definition) is 4. The summed E-state index contributed by atoms with van der Waals surface area (Å²) in [5.74, 6) is -0.545. The van der Waals surface area contributed by atoms with Gasteiger partial charge in [-0.15, -0.1) is 0 Å². The fraction of sp³-hybridized carbons (Fsp3) is 0.846. The Bertz CT molecular complexity index is 271. The third kappa shape index (κ3) is 8.56.